The molecule has 8 nitrogen and oxygen atoms in total. The lowest BCUT2D eigenvalue weighted by atomic mass is 9.97. The molecule has 0 unspecified atom stereocenters. The van der Waals surface area contributed by atoms with Crippen LogP contribution in [0.2, 0.25) is 0 Å². The highest BCUT2D eigenvalue weighted by Crippen LogP contribution is 2.34. The monoisotopic (exact) mass is 619 g/mol. The maximum absolute atomic E-state index is 15.2. The average molecular weight is 620 g/mol. The van der Waals surface area contributed by atoms with Gasteiger partial charge in [0.05, 0.1) is 19.4 Å². The molecule has 1 atom stereocenters. The summed E-state index contributed by atoms with van der Waals surface area (Å²) in [4.78, 5) is 28.2. The summed E-state index contributed by atoms with van der Waals surface area (Å²) in [7, 11) is 1.64. The van der Waals surface area contributed by atoms with E-state index in [1.807, 2.05) is 23.1 Å². The molecule has 43 heavy (non-hydrogen) atoms. The van der Waals surface area contributed by atoms with Crippen molar-refractivity contribution in [1.82, 2.24) is 15.5 Å². The molecule has 2 saturated heterocycles. The normalized spacial score (nSPS) is 17.3. The molecule has 0 aliphatic carbocycles. The Labute approximate surface area is 261 Å². The second-order valence-electron chi connectivity index (χ2n) is 11.5. The van der Waals surface area contributed by atoms with E-state index in [0.717, 1.165) is 44.3 Å². The number of halogens is 2. The molecule has 0 spiro atoms. The Morgan fingerprint density at radius 1 is 1.05 bits per heavy atom. The number of carbonyl (C=O) groups is 2. The van der Waals surface area contributed by atoms with E-state index in [0.29, 0.717) is 55.3 Å². The summed E-state index contributed by atoms with van der Waals surface area (Å²) in [6, 6.07) is 10.7. The Bertz CT molecular complexity index is 1190. The van der Waals surface area contributed by atoms with Gasteiger partial charge in [-0.15, -0.1) is 12.4 Å². The van der Waals surface area contributed by atoms with Crippen LogP contribution in [0, 0.1) is 5.82 Å². The van der Waals surface area contributed by atoms with Gasteiger partial charge in [0, 0.05) is 69.1 Å². The van der Waals surface area contributed by atoms with E-state index in [-0.39, 0.29) is 55.2 Å². The first kappa shape index (κ1) is 34.8. The second kappa shape index (κ2) is 17.5. The Balaban J connectivity index is 0.00000506. The maximum atomic E-state index is 15.2. The SMILES string of the molecule is COCCCOc1cc(CC(=O)N(C(C)C)[C@@H]2CCCNC2)ccc1-c1cc(CC(=O)NC2CCOCC2)ccc1F.Cl. The van der Waals surface area contributed by atoms with Gasteiger partial charge in [-0.1, -0.05) is 18.2 Å². The van der Waals surface area contributed by atoms with E-state index in [9.17, 15) is 9.59 Å². The standard InChI is InChI=1S/C33H46FN3O5.ClH/c1-23(2)37(27-6-4-13-35-22-27)33(39)21-25-7-9-28(31(19-25)42-15-5-14-40-3)29-18-24(8-10-30(29)34)20-32(38)36-26-11-16-41-17-12-26;/h7-10,18-19,23,26-27,35H,4-6,11-17,20-22H2,1-3H3,(H,36,38);1H/t27-;/m1./s1. The van der Waals surface area contributed by atoms with Gasteiger partial charge < -0.3 is 29.7 Å². The number of rotatable bonds is 13. The van der Waals surface area contributed by atoms with Crippen molar-refractivity contribution in [3.8, 4) is 16.9 Å². The van der Waals surface area contributed by atoms with Crippen molar-refractivity contribution in [2.24, 2.45) is 0 Å². The molecule has 2 aliphatic rings. The number of carbonyl (C=O) groups excluding carboxylic acids is 2. The fourth-order valence-corrected chi connectivity index (χ4v) is 5.85. The molecule has 2 heterocycles. The van der Waals surface area contributed by atoms with Crippen LogP contribution < -0.4 is 15.4 Å². The van der Waals surface area contributed by atoms with Crippen LogP contribution in [-0.2, 0) is 31.9 Å². The summed E-state index contributed by atoms with van der Waals surface area (Å²) < 4.78 is 31.9. The van der Waals surface area contributed by atoms with E-state index < -0.39 is 5.82 Å². The van der Waals surface area contributed by atoms with E-state index >= 15 is 4.39 Å². The first-order valence-corrected chi connectivity index (χ1v) is 15.3. The molecule has 2 fully saturated rings. The fourth-order valence-electron chi connectivity index (χ4n) is 5.85. The fraction of sp³-hybridized carbons (Fsp3) is 0.576. The lowest BCUT2D eigenvalue weighted by Crippen LogP contribution is -2.52. The van der Waals surface area contributed by atoms with E-state index in [1.165, 1.54) is 6.07 Å². The molecule has 2 aliphatic heterocycles. The lowest BCUT2D eigenvalue weighted by molar-refractivity contribution is -0.135. The highest BCUT2D eigenvalue weighted by atomic mass is 35.5. The molecule has 2 aromatic rings. The van der Waals surface area contributed by atoms with Crippen LogP contribution in [0.3, 0.4) is 0 Å². The Morgan fingerprint density at radius 2 is 1.79 bits per heavy atom. The largest absolute Gasteiger partial charge is 0.493 e. The van der Waals surface area contributed by atoms with Crippen molar-refractivity contribution in [2.75, 3.05) is 46.6 Å². The first-order chi connectivity index (χ1) is 20.4. The number of methoxy groups -OCH3 is 1. The molecule has 10 heteroatoms. The minimum atomic E-state index is -0.398. The van der Waals surface area contributed by atoms with Crippen LogP contribution in [0.1, 0.15) is 57.1 Å². The van der Waals surface area contributed by atoms with Gasteiger partial charge in [-0.25, -0.2) is 4.39 Å². The van der Waals surface area contributed by atoms with Gasteiger partial charge in [-0.05, 0) is 75.4 Å². The van der Waals surface area contributed by atoms with E-state index in [4.69, 9.17) is 14.2 Å². The van der Waals surface area contributed by atoms with Crippen LogP contribution in [-0.4, -0.2) is 81.5 Å². The number of hydrogen-bond donors (Lipinski definition) is 2. The van der Waals surface area contributed by atoms with Gasteiger partial charge in [-0.3, -0.25) is 9.59 Å². The van der Waals surface area contributed by atoms with Crippen molar-refractivity contribution in [3.05, 3.63) is 53.3 Å². The molecule has 4 rings (SSSR count). The van der Waals surface area contributed by atoms with Gasteiger partial charge in [0.15, 0.2) is 0 Å². The summed E-state index contributed by atoms with van der Waals surface area (Å²) >= 11 is 0. The number of piperidine rings is 1. The third-order valence-electron chi connectivity index (χ3n) is 7.93. The van der Waals surface area contributed by atoms with E-state index in [1.54, 1.807) is 19.2 Å². The molecule has 0 saturated carbocycles. The van der Waals surface area contributed by atoms with Crippen LogP contribution >= 0.6 is 12.4 Å². The number of amides is 2. The second-order valence-corrected chi connectivity index (χ2v) is 11.5. The summed E-state index contributed by atoms with van der Waals surface area (Å²) in [5.74, 6) is 0.0900. The Kier molecular flexibility index (Phi) is 14.2. The highest BCUT2D eigenvalue weighted by Gasteiger charge is 2.28. The van der Waals surface area contributed by atoms with Crippen molar-refractivity contribution >= 4 is 24.2 Å². The van der Waals surface area contributed by atoms with Gasteiger partial charge in [0.2, 0.25) is 11.8 Å². The topological polar surface area (TPSA) is 89.1 Å². The van der Waals surface area contributed by atoms with Crippen molar-refractivity contribution < 1.29 is 28.2 Å². The van der Waals surface area contributed by atoms with Crippen molar-refractivity contribution in [3.63, 3.8) is 0 Å². The molecule has 2 aromatic carbocycles. The quantitative estimate of drug-likeness (QED) is 0.316. The Morgan fingerprint density at radius 3 is 2.49 bits per heavy atom. The number of hydrogen-bond acceptors (Lipinski definition) is 6. The number of nitrogens with one attached hydrogen (secondary N) is 2. The van der Waals surface area contributed by atoms with Gasteiger partial charge in [-0.2, -0.15) is 0 Å². The number of benzene rings is 2. The molecule has 0 bridgehead atoms. The maximum Gasteiger partial charge on any atom is 0.227 e. The zero-order valence-corrected chi connectivity index (χ0v) is 26.5. The minimum absolute atomic E-state index is 0. The van der Waals surface area contributed by atoms with Crippen LogP contribution in [0.5, 0.6) is 5.75 Å². The predicted octanol–water partition coefficient (Wildman–Crippen LogP) is 4.70. The van der Waals surface area contributed by atoms with Crippen molar-refractivity contribution in [1.29, 1.82) is 0 Å². The highest BCUT2D eigenvalue weighted by molar-refractivity contribution is 5.85. The molecule has 2 N–H and O–H groups in total. The molecular formula is C33H47ClFN3O5. The lowest BCUT2D eigenvalue weighted by Gasteiger charge is -2.37. The zero-order chi connectivity index (χ0) is 29.9. The summed E-state index contributed by atoms with van der Waals surface area (Å²) in [5, 5.41) is 6.48. The summed E-state index contributed by atoms with van der Waals surface area (Å²) in [6.45, 7) is 8.12. The Hall–Kier alpha value is -2.72. The molecule has 2 amide bonds. The first-order valence-electron chi connectivity index (χ1n) is 15.3. The molecule has 0 radical (unpaired) electrons. The van der Waals surface area contributed by atoms with Crippen LogP contribution in [0.25, 0.3) is 11.1 Å². The summed E-state index contributed by atoms with van der Waals surface area (Å²) in [5.41, 5.74) is 2.48. The van der Waals surface area contributed by atoms with Crippen molar-refractivity contribution in [2.45, 2.75) is 76.9 Å². The molecule has 0 aromatic heterocycles. The minimum Gasteiger partial charge on any atom is -0.493 e. The number of ether oxygens (including phenoxy) is 3. The van der Waals surface area contributed by atoms with Gasteiger partial charge in [0.1, 0.15) is 11.6 Å². The summed E-state index contributed by atoms with van der Waals surface area (Å²) in [6.07, 6.45) is 4.70. The molecular weight excluding hydrogens is 573 g/mol. The predicted molar refractivity (Wildman–Crippen MR) is 168 cm³/mol. The molecule has 238 valence electrons. The van der Waals surface area contributed by atoms with Crippen LogP contribution in [0.15, 0.2) is 36.4 Å². The third-order valence-corrected chi connectivity index (χ3v) is 7.93. The number of nitrogens with zero attached hydrogens (tertiary/aromatic N) is 1. The van der Waals surface area contributed by atoms with Gasteiger partial charge >= 0.3 is 0 Å². The smallest absolute Gasteiger partial charge is 0.227 e. The zero-order valence-electron chi connectivity index (χ0n) is 25.7. The van der Waals surface area contributed by atoms with Crippen LogP contribution in [0.4, 0.5) is 4.39 Å². The van der Waals surface area contributed by atoms with E-state index in [2.05, 4.69) is 24.5 Å². The average Bonchev–Trinajstić information content (AvgIpc) is 2.97. The third kappa shape index (κ3) is 10.2. The van der Waals surface area contributed by atoms with Gasteiger partial charge in [0.25, 0.3) is 0 Å².